The highest BCUT2D eigenvalue weighted by Gasteiger charge is 2.28. The zero-order chi connectivity index (χ0) is 15.1. The Morgan fingerprint density at radius 2 is 1.75 bits per heavy atom. The first-order valence-corrected chi connectivity index (χ1v) is 8.54. The fourth-order valence-corrected chi connectivity index (χ4v) is 3.76. The monoisotopic (exact) mass is 280 g/mol. The maximum atomic E-state index is 4.17. The molecule has 4 atom stereocenters. The standard InChI is InChI=1S/C18H36N2/c1-13(2)17-11-18(20-16(5)12-19-6)15(4)10-8-7-9-14(17)3/h13-15,17-20H,5,7-12H2,1-4,6H3. The first kappa shape index (κ1) is 17.6. The van der Waals surface area contributed by atoms with Crippen molar-refractivity contribution in [1.82, 2.24) is 10.6 Å². The van der Waals surface area contributed by atoms with Crippen LogP contribution in [0.2, 0.25) is 0 Å². The molecule has 1 rings (SSSR count). The lowest BCUT2D eigenvalue weighted by Gasteiger charge is -2.34. The highest BCUT2D eigenvalue weighted by Crippen LogP contribution is 2.34. The number of hydrogen-bond donors (Lipinski definition) is 2. The van der Waals surface area contributed by atoms with Crippen molar-refractivity contribution in [3.63, 3.8) is 0 Å². The van der Waals surface area contributed by atoms with E-state index in [9.17, 15) is 0 Å². The molecule has 0 bridgehead atoms. The minimum absolute atomic E-state index is 0.587. The molecule has 2 N–H and O–H groups in total. The van der Waals surface area contributed by atoms with Crippen molar-refractivity contribution in [2.24, 2.45) is 23.7 Å². The van der Waals surface area contributed by atoms with Gasteiger partial charge in [-0.05, 0) is 43.6 Å². The summed E-state index contributed by atoms with van der Waals surface area (Å²) in [6.07, 6.45) is 6.83. The average molecular weight is 280 g/mol. The van der Waals surface area contributed by atoms with Crippen molar-refractivity contribution < 1.29 is 0 Å². The molecule has 2 nitrogen and oxygen atoms in total. The predicted molar refractivity (Wildman–Crippen MR) is 89.7 cm³/mol. The average Bonchev–Trinajstić information content (AvgIpc) is 2.43. The smallest absolute Gasteiger partial charge is 0.0345 e. The van der Waals surface area contributed by atoms with Gasteiger partial charge < -0.3 is 10.6 Å². The third kappa shape index (κ3) is 5.47. The number of rotatable bonds is 5. The van der Waals surface area contributed by atoms with Crippen LogP contribution in [0.15, 0.2) is 12.3 Å². The summed E-state index contributed by atoms with van der Waals surface area (Å²) in [5.74, 6) is 3.20. The van der Waals surface area contributed by atoms with Gasteiger partial charge in [-0.1, -0.05) is 53.5 Å². The zero-order valence-electron chi connectivity index (χ0n) is 14.3. The van der Waals surface area contributed by atoms with E-state index < -0.39 is 0 Å². The second-order valence-electron chi connectivity index (χ2n) is 7.27. The van der Waals surface area contributed by atoms with Gasteiger partial charge in [0.15, 0.2) is 0 Å². The van der Waals surface area contributed by atoms with Gasteiger partial charge in [0.25, 0.3) is 0 Å². The van der Waals surface area contributed by atoms with Crippen LogP contribution in [0, 0.1) is 23.7 Å². The van der Waals surface area contributed by atoms with Gasteiger partial charge in [0, 0.05) is 18.3 Å². The van der Waals surface area contributed by atoms with E-state index in [2.05, 4.69) is 44.9 Å². The molecule has 20 heavy (non-hydrogen) atoms. The third-order valence-electron chi connectivity index (χ3n) is 5.15. The lowest BCUT2D eigenvalue weighted by Crippen LogP contribution is -2.39. The summed E-state index contributed by atoms with van der Waals surface area (Å²) in [5.41, 5.74) is 1.14. The van der Waals surface area contributed by atoms with Crippen molar-refractivity contribution >= 4 is 0 Å². The molecular weight excluding hydrogens is 244 g/mol. The Labute approximate surface area is 126 Å². The Morgan fingerprint density at radius 3 is 2.30 bits per heavy atom. The van der Waals surface area contributed by atoms with E-state index in [1.54, 1.807) is 0 Å². The quantitative estimate of drug-likeness (QED) is 0.789. The van der Waals surface area contributed by atoms with Gasteiger partial charge in [0.05, 0.1) is 0 Å². The normalized spacial score (nSPS) is 32.3. The molecule has 0 spiro atoms. The van der Waals surface area contributed by atoms with Crippen molar-refractivity contribution in [3.05, 3.63) is 12.3 Å². The van der Waals surface area contributed by atoms with E-state index in [0.29, 0.717) is 6.04 Å². The summed E-state index contributed by atoms with van der Waals surface area (Å²) in [6, 6.07) is 0.587. The van der Waals surface area contributed by atoms with Crippen LogP contribution in [0.1, 0.15) is 59.8 Å². The Balaban J connectivity index is 2.76. The summed E-state index contributed by atoms with van der Waals surface area (Å²) in [4.78, 5) is 0. The summed E-state index contributed by atoms with van der Waals surface area (Å²) in [6.45, 7) is 14.7. The Bertz CT molecular complexity index is 285. The lowest BCUT2D eigenvalue weighted by atomic mass is 9.77. The van der Waals surface area contributed by atoms with Crippen LogP contribution in [0.3, 0.4) is 0 Å². The molecule has 2 heteroatoms. The lowest BCUT2D eigenvalue weighted by molar-refractivity contribution is 0.206. The largest absolute Gasteiger partial charge is 0.385 e. The number of likely N-dealkylation sites (N-methyl/N-ethyl adjacent to an activating group) is 1. The molecule has 0 radical (unpaired) electrons. The maximum absolute atomic E-state index is 4.17. The molecule has 1 aliphatic carbocycles. The summed E-state index contributed by atoms with van der Waals surface area (Å²) < 4.78 is 0. The van der Waals surface area contributed by atoms with E-state index >= 15 is 0 Å². The molecule has 0 amide bonds. The number of hydrogen-bond acceptors (Lipinski definition) is 2. The summed E-state index contributed by atoms with van der Waals surface area (Å²) in [5, 5.41) is 6.91. The number of nitrogens with one attached hydrogen (secondary N) is 2. The second-order valence-corrected chi connectivity index (χ2v) is 7.27. The van der Waals surface area contributed by atoms with Crippen LogP contribution in [0.5, 0.6) is 0 Å². The van der Waals surface area contributed by atoms with Gasteiger partial charge in [-0.2, -0.15) is 0 Å². The van der Waals surface area contributed by atoms with E-state index in [-0.39, 0.29) is 0 Å². The van der Waals surface area contributed by atoms with Crippen molar-refractivity contribution in [2.75, 3.05) is 13.6 Å². The Morgan fingerprint density at radius 1 is 1.15 bits per heavy atom. The fraction of sp³-hybridized carbons (Fsp3) is 0.889. The van der Waals surface area contributed by atoms with Crippen LogP contribution in [-0.2, 0) is 0 Å². The minimum Gasteiger partial charge on any atom is -0.385 e. The van der Waals surface area contributed by atoms with Gasteiger partial charge in [-0.15, -0.1) is 0 Å². The van der Waals surface area contributed by atoms with Crippen LogP contribution < -0.4 is 10.6 Å². The van der Waals surface area contributed by atoms with Gasteiger partial charge in [-0.25, -0.2) is 0 Å². The Kier molecular flexibility index (Phi) is 7.65. The molecule has 0 aromatic rings. The molecule has 0 aromatic carbocycles. The van der Waals surface area contributed by atoms with Gasteiger partial charge >= 0.3 is 0 Å². The molecule has 0 aromatic heterocycles. The topological polar surface area (TPSA) is 24.1 Å². The van der Waals surface area contributed by atoms with Crippen LogP contribution >= 0.6 is 0 Å². The molecule has 0 aliphatic heterocycles. The van der Waals surface area contributed by atoms with Crippen LogP contribution in [-0.4, -0.2) is 19.6 Å². The van der Waals surface area contributed by atoms with Crippen LogP contribution in [0.25, 0.3) is 0 Å². The molecule has 118 valence electrons. The second kappa shape index (κ2) is 8.71. The van der Waals surface area contributed by atoms with Gasteiger partial charge in [0.2, 0.25) is 0 Å². The van der Waals surface area contributed by atoms with E-state index in [1.807, 2.05) is 7.05 Å². The predicted octanol–water partition coefficient (Wildman–Crippen LogP) is 4.19. The minimum atomic E-state index is 0.587. The van der Waals surface area contributed by atoms with E-state index in [0.717, 1.165) is 35.9 Å². The van der Waals surface area contributed by atoms with Crippen molar-refractivity contribution in [1.29, 1.82) is 0 Å². The summed E-state index contributed by atoms with van der Waals surface area (Å²) in [7, 11) is 1.98. The molecular formula is C18H36N2. The SMILES string of the molecule is C=C(CNC)NC1CC(C(C)C)C(C)CCCCC1C. The van der Waals surface area contributed by atoms with Crippen LogP contribution in [0.4, 0.5) is 0 Å². The van der Waals surface area contributed by atoms with E-state index in [1.165, 1.54) is 32.1 Å². The highest BCUT2D eigenvalue weighted by molar-refractivity contribution is 4.98. The van der Waals surface area contributed by atoms with Crippen molar-refractivity contribution in [3.8, 4) is 0 Å². The first-order chi connectivity index (χ1) is 9.45. The Hall–Kier alpha value is -0.500. The molecule has 0 saturated heterocycles. The molecule has 1 fully saturated rings. The van der Waals surface area contributed by atoms with Gasteiger partial charge in [-0.3, -0.25) is 0 Å². The zero-order valence-corrected chi connectivity index (χ0v) is 14.3. The summed E-state index contributed by atoms with van der Waals surface area (Å²) >= 11 is 0. The van der Waals surface area contributed by atoms with Gasteiger partial charge in [0.1, 0.15) is 0 Å². The highest BCUT2D eigenvalue weighted by atomic mass is 15.0. The molecule has 1 saturated carbocycles. The third-order valence-corrected chi connectivity index (χ3v) is 5.15. The molecule has 1 aliphatic rings. The molecule has 0 heterocycles. The fourth-order valence-electron chi connectivity index (χ4n) is 3.76. The van der Waals surface area contributed by atoms with Crippen molar-refractivity contribution in [2.45, 2.75) is 65.8 Å². The maximum Gasteiger partial charge on any atom is 0.0345 e. The van der Waals surface area contributed by atoms with E-state index in [4.69, 9.17) is 0 Å². The molecule has 4 unspecified atom stereocenters. The first-order valence-electron chi connectivity index (χ1n) is 8.54.